The quantitative estimate of drug-likeness (QED) is 0.911. The van der Waals surface area contributed by atoms with E-state index in [4.69, 9.17) is 4.98 Å². The zero-order valence-electron chi connectivity index (χ0n) is 12.7. The van der Waals surface area contributed by atoms with Crippen molar-refractivity contribution < 1.29 is 0 Å². The molecule has 0 amide bonds. The Morgan fingerprint density at radius 3 is 2.50 bits per heavy atom. The predicted molar refractivity (Wildman–Crippen MR) is 85.2 cm³/mol. The van der Waals surface area contributed by atoms with Crippen LogP contribution in [0.5, 0.6) is 0 Å². The van der Waals surface area contributed by atoms with Crippen LogP contribution in [0.2, 0.25) is 0 Å². The molecule has 1 N–H and O–H groups in total. The highest BCUT2D eigenvalue weighted by atomic mass is 32.1. The molecule has 108 valence electrons. The smallest absolute Gasteiger partial charge is 0.0947 e. The third-order valence-electron chi connectivity index (χ3n) is 3.26. The standard InChI is InChI=1S/C16H23N3S/c1-5-18-13(12-6-8-17-9-7-12)10-15-19-14(11-20-15)16(2,3)4/h6-9,11,13,18H,5,10H2,1-4H3. The van der Waals surface area contributed by atoms with Gasteiger partial charge in [-0.3, -0.25) is 4.98 Å². The minimum Gasteiger partial charge on any atom is -0.310 e. The van der Waals surface area contributed by atoms with Crippen LogP contribution < -0.4 is 5.32 Å². The van der Waals surface area contributed by atoms with Gasteiger partial charge < -0.3 is 5.32 Å². The predicted octanol–water partition coefficient (Wildman–Crippen LogP) is 3.73. The van der Waals surface area contributed by atoms with Crippen molar-refractivity contribution >= 4 is 11.3 Å². The van der Waals surface area contributed by atoms with E-state index in [9.17, 15) is 0 Å². The lowest BCUT2D eigenvalue weighted by molar-refractivity contribution is 0.539. The van der Waals surface area contributed by atoms with E-state index in [2.05, 4.69) is 55.5 Å². The Bertz CT molecular complexity index is 528. The minimum absolute atomic E-state index is 0.124. The maximum atomic E-state index is 4.79. The van der Waals surface area contributed by atoms with Crippen LogP contribution >= 0.6 is 11.3 Å². The lowest BCUT2D eigenvalue weighted by Crippen LogP contribution is -2.23. The number of hydrogen-bond acceptors (Lipinski definition) is 4. The van der Waals surface area contributed by atoms with Gasteiger partial charge in [-0.1, -0.05) is 27.7 Å². The largest absolute Gasteiger partial charge is 0.310 e. The van der Waals surface area contributed by atoms with Crippen LogP contribution in [0.3, 0.4) is 0 Å². The molecule has 0 aliphatic heterocycles. The summed E-state index contributed by atoms with van der Waals surface area (Å²) in [5, 5.41) is 6.91. The van der Waals surface area contributed by atoms with Crippen LogP contribution in [0.25, 0.3) is 0 Å². The summed E-state index contributed by atoms with van der Waals surface area (Å²) in [4.78, 5) is 8.88. The van der Waals surface area contributed by atoms with Crippen molar-refractivity contribution in [2.45, 2.75) is 45.6 Å². The van der Waals surface area contributed by atoms with E-state index in [1.165, 1.54) is 16.3 Å². The number of rotatable bonds is 5. The Hall–Kier alpha value is -1.26. The molecule has 0 spiro atoms. The van der Waals surface area contributed by atoms with Crippen molar-refractivity contribution in [3.8, 4) is 0 Å². The van der Waals surface area contributed by atoms with Crippen LogP contribution in [0, 0.1) is 0 Å². The Morgan fingerprint density at radius 2 is 1.95 bits per heavy atom. The molecule has 0 radical (unpaired) electrons. The molecule has 1 atom stereocenters. The first-order valence-electron chi connectivity index (χ1n) is 7.09. The number of aromatic nitrogens is 2. The van der Waals surface area contributed by atoms with E-state index in [-0.39, 0.29) is 5.41 Å². The molecule has 2 heterocycles. The fourth-order valence-electron chi connectivity index (χ4n) is 2.07. The third kappa shape index (κ3) is 3.87. The second-order valence-corrected chi connectivity index (χ2v) is 6.91. The number of nitrogens with one attached hydrogen (secondary N) is 1. The van der Waals surface area contributed by atoms with Crippen molar-refractivity contribution in [3.63, 3.8) is 0 Å². The summed E-state index contributed by atoms with van der Waals surface area (Å²) >= 11 is 1.76. The maximum Gasteiger partial charge on any atom is 0.0947 e. The molecular formula is C16H23N3S. The van der Waals surface area contributed by atoms with Gasteiger partial charge in [0.25, 0.3) is 0 Å². The van der Waals surface area contributed by atoms with Crippen molar-refractivity contribution in [3.05, 3.63) is 46.2 Å². The molecule has 0 aliphatic rings. The molecule has 0 saturated heterocycles. The molecule has 0 bridgehead atoms. The van der Waals surface area contributed by atoms with Gasteiger partial charge in [0, 0.05) is 35.7 Å². The molecule has 2 aromatic rings. The van der Waals surface area contributed by atoms with E-state index < -0.39 is 0 Å². The molecule has 20 heavy (non-hydrogen) atoms. The summed E-state index contributed by atoms with van der Waals surface area (Å²) in [6, 6.07) is 4.46. The molecule has 2 aromatic heterocycles. The molecule has 0 aliphatic carbocycles. The summed E-state index contributed by atoms with van der Waals surface area (Å²) in [6.07, 6.45) is 4.63. The lowest BCUT2D eigenvalue weighted by Gasteiger charge is -2.17. The van der Waals surface area contributed by atoms with E-state index in [1.807, 2.05) is 12.4 Å². The van der Waals surface area contributed by atoms with E-state index >= 15 is 0 Å². The second-order valence-electron chi connectivity index (χ2n) is 5.97. The zero-order chi connectivity index (χ0) is 14.6. The maximum absolute atomic E-state index is 4.79. The molecule has 0 saturated carbocycles. The van der Waals surface area contributed by atoms with Gasteiger partial charge in [-0.2, -0.15) is 0 Å². The molecule has 3 nitrogen and oxygen atoms in total. The van der Waals surface area contributed by atoms with Crippen LogP contribution in [-0.2, 0) is 11.8 Å². The Labute approximate surface area is 125 Å². The molecule has 1 unspecified atom stereocenters. The van der Waals surface area contributed by atoms with Gasteiger partial charge >= 0.3 is 0 Å². The number of hydrogen-bond donors (Lipinski definition) is 1. The SMILES string of the molecule is CCNC(Cc1nc(C(C)(C)C)cs1)c1ccncc1. The zero-order valence-corrected chi connectivity index (χ0v) is 13.5. The number of likely N-dealkylation sites (N-methyl/N-ethyl adjacent to an activating group) is 1. The molecule has 4 heteroatoms. The second kappa shape index (κ2) is 6.46. The number of nitrogens with zero attached hydrogens (tertiary/aromatic N) is 2. The summed E-state index contributed by atoms with van der Waals surface area (Å²) in [5.41, 5.74) is 2.58. The van der Waals surface area contributed by atoms with Gasteiger partial charge in [0.05, 0.1) is 10.7 Å². The van der Waals surface area contributed by atoms with E-state index in [0.29, 0.717) is 6.04 Å². The average molecular weight is 289 g/mol. The van der Waals surface area contributed by atoms with Gasteiger partial charge in [-0.15, -0.1) is 11.3 Å². The summed E-state index contributed by atoms with van der Waals surface area (Å²) in [5.74, 6) is 0. The Kier molecular flexibility index (Phi) is 4.89. The summed E-state index contributed by atoms with van der Waals surface area (Å²) < 4.78 is 0. The first-order valence-corrected chi connectivity index (χ1v) is 7.97. The minimum atomic E-state index is 0.124. The van der Waals surface area contributed by atoms with Crippen LogP contribution in [-0.4, -0.2) is 16.5 Å². The number of thiazole rings is 1. The van der Waals surface area contributed by atoms with Gasteiger partial charge in [-0.05, 0) is 24.2 Å². The van der Waals surface area contributed by atoms with Crippen molar-refractivity contribution in [2.75, 3.05) is 6.54 Å². The Morgan fingerprint density at radius 1 is 1.25 bits per heavy atom. The van der Waals surface area contributed by atoms with Crippen molar-refractivity contribution in [1.82, 2.24) is 15.3 Å². The highest BCUT2D eigenvalue weighted by Gasteiger charge is 2.19. The topological polar surface area (TPSA) is 37.8 Å². The normalized spacial score (nSPS) is 13.4. The van der Waals surface area contributed by atoms with Gasteiger partial charge in [0.2, 0.25) is 0 Å². The monoisotopic (exact) mass is 289 g/mol. The highest BCUT2D eigenvalue weighted by molar-refractivity contribution is 7.09. The number of pyridine rings is 1. The average Bonchev–Trinajstić information content (AvgIpc) is 2.88. The van der Waals surface area contributed by atoms with Crippen LogP contribution in [0.15, 0.2) is 29.9 Å². The van der Waals surface area contributed by atoms with Gasteiger partial charge in [0.1, 0.15) is 0 Å². The third-order valence-corrected chi connectivity index (χ3v) is 4.13. The van der Waals surface area contributed by atoms with Gasteiger partial charge in [0.15, 0.2) is 0 Å². The van der Waals surface area contributed by atoms with Crippen LogP contribution in [0.1, 0.15) is 50.0 Å². The van der Waals surface area contributed by atoms with E-state index in [0.717, 1.165) is 13.0 Å². The highest BCUT2D eigenvalue weighted by Crippen LogP contribution is 2.26. The fourth-order valence-corrected chi connectivity index (χ4v) is 3.14. The summed E-state index contributed by atoms with van der Waals surface area (Å²) in [6.45, 7) is 9.70. The molecule has 0 fully saturated rings. The molecular weight excluding hydrogens is 266 g/mol. The van der Waals surface area contributed by atoms with Crippen molar-refractivity contribution in [1.29, 1.82) is 0 Å². The summed E-state index contributed by atoms with van der Waals surface area (Å²) in [7, 11) is 0. The first-order chi connectivity index (χ1) is 9.50. The Balaban J connectivity index is 2.15. The molecule has 0 aromatic carbocycles. The molecule has 2 rings (SSSR count). The van der Waals surface area contributed by atoms with Crippen molar-refractivity contribution in [2.24, 2.45) is 0 Å². The first kappa shape index (κ1) is 15.1. The van der Waals surface area contributed by atoms with Gasteiger partial charge in [-0.25, -0.2) is 4.98 Å². The van der Waals surface area contributed by atoms with E-state index in [1.54, 1.807) is 11.3 Å². The lowest BCUT2D eigenvalue weighted by atomic mass is 9.93. The van der Waals surface area contributed by atoms with Crippen LogP contribution in [0.4, 0.5) is 0 Å². The fraction of sp³-hybridized carbons (Fsp3) is 0.500.